The van der Waals surface area contributed by atoms with Crippen LogP contribution in [0.25, 0.3) is 0 Å². The molecule has 0 bridgehead atoms. The van der Waals surface area contributed by atoms with Gasteiger partial charge in [-0.3, -0.25) is 0 Å². The van der Waals surface area contributed by atoms with Gasteiger partial charge in [0.15, 0.2) is 0 Å². The fourth-order valence-electron chi connectivity index (χ4n) is 3.15. The molecule has 1 aromatic carbocycles. The number of benzene rings is 1. The van der Waals surface area contributed by atoms with Gasteiger partial charge in [-0.2, -0.15) is 0 Å². The van der Waals surface area contributed by atoms with Crippen LogP contribution in [0.1, 0.15) is 69.8 Å². The summed E-state index contributed by atoms with van der Waals surface area (Å²) in [6.07, 6.45) is 11.0. The summed E-state index contributed by atoms with van der Waals surface area (Å²) in [4.78, 5) is 0. The van der Waals surface area contributed by atoms with Crippen LogP contribution in [0.15, 0.2) is 24.3 Å². The van der Waals surface area contributed by atoms with E-state index in [1.165, 1.54) is 56.9 Å². The van der Waals surface area contributed by atoms with E-state index in [9.17, 15) is 0 Å². The Balaban J connectivity index is 1.67. The van der Waals surface area contributed by atoms with Crippen LogP contribution in [-0.2, 0) is 4.74 Å². The van der Waals surface area contributed by atoms with Gasteiger partial charge in [-0.1, -0.05) is 51.2 Å². The molecule has 2 nitrogen and oxygen atoms in total. The van der Waals surface area contributed by atoms with Gasteiger partial charge >= 0.3 is 0 Å². The predicted octanol–water partition coefficient (Wildman–Crippen LogP) is 5.32. The number of unbranched alkanes of at least 4 members (excludes halogenated alkanes) is 4. The lowest BCUT2D eigenvalue weighted by atomic mass is 9.90. The minimum absolute atomic E-state index is 0.501. The number of rotatable bonds is 8. The second kappa shape index (κ2) is 9.09. The lowest BCUT2D eigenvalue weighted by Crippen LogP contribution is -2.24. The monoisotopic (exact) mass is 290 g/mol. The van der Waals surface area contributed by atoms with Crippen LogP contribution in [0, 0.1) is 0 Å². The molecule has 0 aromatic heterocycles. The maximum atomic E-state index is 6.08. The Bertz CT molecular complexity index is 377. The van der Waals surface area contributed by atoms with Crippen molar-refractivity contribution in [2.75, 3.05) is 13.7 Å². The Kier molecular flexibility index (Phi) is 7.08. The summed E-state index contributed by atoms with van der Waals surface area (Å²) < 4.78 is 11.3. The summed E-state index contributed by atoms with van der Waals surface area (Å²) in [6, 6.07) is 8.46. The van der Waals surface area contributed by atoms with Crippen molar-refractivity contribution in [3.05, 3.63) is 29.8 Å². The van der Waals surface area contributed by atoms with Crippen molar-refractivity contribution < 1.29 is 9.47 Å². The molecular weight excluding hydrogens is 260 g/mol. The van der Waals surface area contributed by atoms with Gasteiger partial charge in [0, 0.05) is 5.92 Å². The van der Waals surface area contributed by atoms with E-state index in [2.05, 4.69) is 31.2 Å². The first-order valence-corrected chi connectivity index (χ1v) is 8.59. The molecule has 1 aliphatic rings. The van der Waals surface area contributed by atoms with Crippen LogP contribution in [0.3, 0.4) is 0 Å². The third-order valence-corrected chi connectivity index (χ3v) is 4.59. The van der Waals surface area contributed by atoms with Crippen molar-refractivity contribution in [1.82, 2.24) is 0 Å². The number of hydrogen-bond acceptors (Lipinski definition) is 2. The molecule has 1 saturated heterocycles. The molecule has 0 N–H and O–H groups in total. The highest BCUT2D eigenvalue weighted by molar-refractivity contribution is 5.29. The molecule has 1 aliphatic heterocycles. The predicted molar refractivity (Wildman–Crippen MR) is 88.1 cm³/mol. The molecule has 1 fully saturated rings. The standard InChI is InChI=1S/C19H30O2/c1-3-4-5-6-7-8-19-14-11-17(15-21-19)16-9-12-18(20-2)13-10-16/h9-10,12-13,17,19H,3-8,11,14-15H2,1-2H3. The SMILES string of the molecule is CCCCCCCC1CCC(c2ccc(OC)cc2)CO1. The average molecular weight is 290 g/mol. The quantitative estimate of drug-likeness (QED) is 0.603. The number of methoxy groups -OCH3 is 1. The van der Waals surface area contributed by atoms with Crippen molar-refractivity contribution in [1.29, 1.82) is 0 Å². The Morgan fingerprint density at radius 3 is 2.43 bits per heavy atom. The van der Waals surface area contributed by atoms with E-state index in [-0.39, 0.29) is 0 Å². The lowest BCUT2D eigenvalue weighted by Gasteiger charge is -2.29. The second-order valence-electron chi connectivity index (χ2n) is 6.21. The zero-order valence-electron chi connectivity index (χ0n) is 13.6. The molecule has 1 heterocycles. The first kappa shape index (κ1) is 16.4. The summed E-state index contributed by atoms with van der Waals surface area (Å²) >= 11 is 0. The number of ether oxygens (including phenoxy) is 2. The van der Waals surface area contributed by atoms with E-state index >= 15 is 0 Å². The highest BCUT2D eigenvalue weighted by Crippen LogP contribution is 2.30. The first-order chi connectivity index (χ1) is 10.3. The third kappa shape index (κ3) is 5.35. The van der Waals surface area contributed by atoms with Crippen molar-refractivity contribution in [2.24, 2.45) is 0 Å². The molecule has 118 valence electrons. The zero-order chi connectivity index (χ0) is 14.9. The highest BCUT2D eigenvalue weighted by Gasteiger charge is 2.22. The van der Waals surface area contributed by atoms with E-state index in [1.54, 1.807) is 7.11 Å². The summed E-state index contributed by atoms with van der Waals surface area (Å²) in [5, 5.41) is 0. The zero-order valence-corrected chi connectivity index (χ0v) is 13.6. The van der Waals surface area contributed by atoms with Crippen molar-refractivity contribution in [3.63, 3.8) is 0 Å². The van der Waals surface area contributed by atoms with Gasteiger partial charge in [0.05, 0.1) is 19.8 Å². The molecule has 0 aliphatic carbocycles. The number of hydrogen-bond donors (Lipinski definition) is 0. The maximum absolute atomic E-state index is 6.08. The Labute approximate surface area is 129 Å². The molecular formula is C19H30O2. The second-order valence-corrected chi connectivity index (χ2v) is 6.21. The fourth-order valence-corrected chi connectivity index (χ4v) is 3.15. The van der Waals surface area contributed by atoms with Crippen molar-refractivity contribution in [3.8, 4) is 5.75 Å². The molecule has 2 rings (SSSR count). The van der Waals surface area contributed by atoms with Crippen molar-refractivity contribution >= 4 is 0 Å². The van der Waals surface area contributed by atoms with Crippen LogP contribution in [0.5, 0.6) is 5.75 Å². The van der Waals surface area contributed by atoms with Crippen molar-refractivity contribution in [2.45, 2.75) is 70.3 Å². The average Bonchev–Trinajstić information content (AvgIpc) is 2.55. The van der Waals surface area contributed by atoms with Gasteiger partial charge in [0.25, 0.3) is 0 Å². The van der Waals surface area contributed by atoms with Crippen LogP contribution >= 0.6 is 0 Å². The molecule has 2 heteroatoms. The molecule has 0 amide bonds. The van der Waals surface area contributed by atoms with Gasteiger partial charge in [-0.25, -0.2) is 0 Å². The van der Waals surface area contributed by atoms with E-state index in [4.69, 9.17) is 9.47 Å². The molecule has 0 radical (unpaired) electrons. The van der Waals surface area contributed by atoms with E-state index in [0.29, 0.717) is 12.0 Å². The maximum Gasteiger partial charge on any atom is 0.118 e. The van der Waals surface area contributed by atoms with Gasteiger partial charge in [0.2, 0.25) is 0 Å². The van der Waals surface area contributed by atoms with Crippen LogP contribution in [0.4, 0.5) is 0 Å². The summed E-state index contributed by atoms with van der Waals surface area (Å²) in [5.41, 5.74) is 1.39. The van der Waals surface area contributed by atoms with Crippen LogP contribution < -0.4 is 4.74 Å². The molecule has 21 heavy (non-hydrogen) atoms. The Morgan fingerprint density at radius 2 is 1.81 bits per heavy atom. The smallest absolute Gasteiger partial charge is 0.118 e. The minimum Gasteiger partial charge on any atom is -0.497 e. The molecule has 0 saturated carbocycles. The first-order valence-electron chi connectivity index (χ1n) is 8.59. The van der Waals surface area contributed by atoms with Crippen LogP contribution in [-0.4, -0.2) is 19.8 Å². The molecule has 0 spiro atoms. The molecule has 2 unspecified atom stereocenters. The van der Waals surface area contributed by atoms with Gasteiger partial charge < -0.3 is 9.47 Å². The Morgan fingerprint density at radius 1 is 1.05 bits per heavy atom. The van der Waals surface area contributed by atoms with Gasteiger partial charge in [-0.15, -0.1) is 0 Å². The third-order valence-electron chi connectivity index (χ3n) is 4.59. The van der Waals surface area contributed by atoms with Crippen LogP contribution in [0.2, 0.25) is 0 Å². The lowest BCUT2D eigenvalue weighted by molar-refractivity contribution is -0.00214. The largest absolute Gasteiger partial charge is 0.497 e. The summed E-state index contributed by atoms with van der Waals surface area (Å²) in [6.45, 7) is 3.15. The molecule has 1 aromatic rings. The minimum atomic E-state index is 0.501. The van der Waals surface area contributed by atoms with Gasteiger partial charge in [-0.05, 0) is 37.0 Å². The van der Waals surface area contributed by atoms with E-state index < -0.39 is 0 Å². The normalized spacial score (nSPS) is 22.2. The summed E-state index contributed by atoms with van der Waals surface area (Å²) in [5.74, 6) is 1.49. The topological polar surface area (TPSA) is 18.5 Å². The fraction of sp³-hybridized carbons (Fsp3) is 0.684. The van der Waals surface area contributed by atoms with Gasteiger partial charge in [0.1, 0.15) is 5.75 Å². The Hall–Kier alpha value is -1.02. The molecule has 2 atom stereocenters. The highest BCUT2D eigenvalue weighted by atomic mass is 16.5. The van der Waals surface area contributed by atoms with E-state index in [1.807, 2.05) is 0 Å². The summed E-state index contributed by atoms with van der Waals surface area (Å²) in [7, 11) is 1.71. The van der Waals surface area contributed by atoms with E-state index in [0.717, 1.165) is 12.4 Å².